The molecule has 5 heteroatoms. The zero-order valence-corrected chi connectivity index (χ0v) is 30.2. The van der Waals surface area contributed by atoms with E-state index in [2.05, 4.69) is 75.4 Å². The second-order valence-electron chi connectivity index (χ2n) is 13.6. The number of rotatable bonds is 17. The van der Waals surface area contributed by atoms with Crippen LogP contribution in [-0.2, 0) is 0 Å². The first-order valence-corrected chi connectivity index (χ1v) is 20.7. The van der Waals surface area contributed by atoms with Crippen LogP contribution in [0.2, 0.25) is 0 Å². The zero-order chi connectivity index (χ0) is 34.7. The van der Waals surface area contributed by atoms with Crippen molar-refractivity contribution in [1.29, 1.82) is 0 Å². The van der Waals surface area contributed by atoms with Gasteiger partial charge < -0.3 is 0 Å². The second-order valence-corrected chi connectivity index (χ2v) is 18.9. The van der Waals surface area contributed by atoms with Crippen LogP contribution in [0, 0.1) is 0 Å². The maximum absolute atomic E-state index is 10.2. The molecule has 5 aromatic carbocycles. The van der Waals surface area contributed by atoms with Gasteiger partial charge in [0, 0.05) is 0 Å². The number of hydrogen-bond acceptors (Lipinski definition) is 4. The van der Waals surface area contributed by atoms with Gasteiger partial charge in [0.2, 0.25) is 0 Å². The van der Waals surface area contributed by atoms with Crippen molar-refractivity contribution in [3.8, 4) is 23.0 Å². The summed E-state index contributed by atoms with van der Waals surface area (Å²) < 4.78 is 7.64. The van der Waals surface area contributed by atoms with E-state index in [0.717, 1.165) is 85.0 Å². The SMILES string of the molecule is CCCCP(CCCC)(CCCC)(Oc1ccc(C(c2ccc(O)cc2)C(c2ccc(O)cc2)c2ccc(O)cc2)cc1)c1ccccc1. The van der Waals surface area contributed by atoms with E-state index in [4.69, 9.17) is 4.52 Å². The van der Waals surface area contributed by atoms with Crippen molar-refractivity contribution in [2.45, 2.75) is 71.1 Å². The van der Waals surface area contributed by atoms with E-state index in [0.29, 0.717) is 0 Å². The van der Waals surface area contributed by atoms with E-state index < -0.39 is 6.83 Å². The van der Waals surface area contributed by atoms with Crippen molar-refractivity contribution in [1.82, 2.24) is 0 Å². The molecule has 0 radical (unpaired) electrons. The molecule has 49 heavy (non-hydrogen) atoms. The van der Waals surface area contributed by atoms with Crippen LogP contribution in [0.15, 0.2) is 127 Å². The average Bonchev–Trinajstić information content (AvgIpc) is 3.14. The predicted octanol–water partition coefficient (Wildman–Crippen LogP) is 11.3. The molecule has 3 N–H and O–H groups in total. The van der Waals surface area contributed by atoms with Gasteiger partial charge in [-0.05, 0) is 0 Å². The van der Waals surface area contributed by atoms with E-state index >= 15 is 0 Å². The summed E-state index contributed by atoms with van der Waals surface area (Å²) in [5.41, 5.74) is 4.24. The molecule has 1 unspecified atom stereocenters. The van der Waals surface area contributed by atoms with Crippen LogP contribution < -0.4 is 9.83 Å². The average molecular weight is 677 g/mol. The van der Waals surface area contributed by atoms with Crippen LogP contribution in [0.4, 0.5) is 0 Å². The van der Waals surface area contributed by atoms with Crippen LogP contribution in [-0.4, -0.2) is 33.8 Å². The Morgan fingerprint density at radius 2 is 0.776 bits per heavy atom. The van der Waals surface area contributed by atoms with Crippen molar-refractivity contribution in [2.24, 2.45) is 0 Å². The number of phenols is 3. The molecule has 0 aromatic heterocycles. The van der Waals surface area contributed by atoms with Crippen LogP contribution >= 0.6 is 6.83 Å². The van der Waals surface area contributed by atoms with Gasteiger partial charge in [0.05, 0.1) is 0 Å². The van der Waals surface area contributed by atoms with E-state index in [1.807, 2.05) is 36.4 Å². The molecule has 0 spiro atoms. The third-order valence-corrected chi connectivity index (χ3v) is 16.5. The Balaban J connectivity index is 1.65. The first-order valence-electron chi connectivity index (χ1n) is 18.0. The van der Waals surface area contributed by atoms with Gasteiger partial charge in [-0.2, -0.15) is 0 Å². The van der Waals surface area contributed by atoms with Gasteiger partial charge in [0.1, 0.15) is 0 Å². The van der Waals surface area contributed by atoms with Gasteiger partial charge in [-0.15, -0.1) is 0 Å². The number of phenolic OH excluding ortho intramolecular Hbond substituents is 3. The quantitative estimate of drug-likeness (QED) is 0.0858. The van der Waals surface area contributed by atoms with E-state index in [-0.39, 0.29) is 29.1 Å². The van der Waals surface area contributed by atoms with E-state index in [1.165, 1.54) is 5.30 Å². The molecule has 1 atom stereocenters. The monoisotopic (exact) mass is 676 g/mol. The Hall–Kier alpha value is -4.27. The van der Waals surface area contributed by atoms with Crippen molar-refractivity contribution in [2.75, 3.05) is 18.5 Å². The molecule has 0 bridgehead atoms. The normalized spacial score (nSPS) is 13.1. The summed E-state index contributed by atoms with van der Waals surface area (Å²) in [6, 6.07) is 42.1. The molecule has 5 rings (SSSR count). The van der Waals surface area contributed by atoms with Gasteiger partial charge in [-0.3, -0.25) is 0 Å². The topological polar surface area (TPSA) is 69.9 Å². The molecule has 0 aliphatic rings. The van der Waals surface area contributed by atoms with Gasteiger partial charge in [0.25, 0.3) is 0 Å². The number of aromatic hydroxyl groups is 3. The Morgan fingerprint density at radius 1 is 0.449 bits per heavy atom. The van der Waals surface area contributed by atoms with Crippen molar-refractivity contribution >= 4 is 12.1 Å². The van der Waals surface area contributed by atoms with Gasteiger partial charge in [-0.25, -0.2) is 0 Å². The minimum absolute atomic E-state index is 0.131. The fraction of sp³-hybridized carbons (Fsp3) is 0.318. The summed E-state index contributed by atoms with van der Waals surface area (Å²) in [6.07, 6.45) is 10.1. The molecule has 0 heterocycles. The summed E-state index contributed by atoms with van der Waals surface area (Å²) in [4.78, 5) is 0. The predicted molar refractivity (Wildman–Crippen MR) is 207 cm³/mol. The summed E-state index contributed by atoms with van der Waals surface area (Å²) in [5, 5.41) is 32.0. The summed E-state index contributed by atoms with van der Waals surface area (Å²) in [5.74, 6) is 1.29. The summed E-state index contributed by atoms with van der Waals surface area (Å²) >= 11 is 0. The van der Waals surface area contributed by atoms with Crippen molar-refractivity contribution in [3.05, 3.63) is 150 Å². The Morgan fingerprint density at radius 3 is 1.10 bits per heavy atom. The van der Waals surface area contributed by atoms with Crippen LogP contribution in [0.25, 0.3) is 0 Å². The number of unbranched alkanes of at least 4 members (excludes halogenated alkanes) is 3. The van der Waals surface area contributed by atoms with Crippen molar-refractivity contribution in [3.63, 3.8) is 0 Å². The Bertz CT molecular complexity index is 1650. The maximum atomic E-state index is 10.2. The number of benzene rings is 5. The minimum atomic E-state index is -2.87. The van der Waals surface area contributed by atoms with Gasteiger partial charge in [-0.1, -0.05) is 0 Å². The summed E-state index contributed by atoms with van der Waals surface area (Å²) in [7, 11) is 0. The van der Waals surface area contributed by atoms with E-state index in [9.17, 15) is 15.3 Å². The third kappa shape index (κ3) is 8.31. The molecule has 0 aliphatic heterocycles. The van der Waals surface area contributed by atoms with Crippen LogP contribution in [0.3, 0.4) is 0 Å². The fourth-order valence-corrected chi connectivity index (χ4v) is 14.1. The standard InChI is InChI=1S/C44H53O4P/c1-4-7-31-49(32-8-5-2,33-9-6-3,42-13-11-10-12-14-42)48-41-29-21-37(22-30-41)44(36-19-27-40(47)28-20-36)43(34-15-23-38(45)24-16-34)35-17-25-39(46)26-18-35/h10-30,43-47H,4-9,31-33H2,1-3H3. The molecule has 0 saturated carbocycles. The van der Waals surface area contributed by atoms with E-state index in [1.54, 1.807) is 36.4 Å². The fourth-order valence-electron chi connectivity index (χ4n) is 7.51. The molecular weight excluding hydrogens is 623 g/mol. The molecule has 5 aromatic rings. The summed E-state index contributed by atoms with van der Waals surface area (Å²) in [6.45, 7) is 3.99. The van der Waals surface area contributed by atoms with Crippen LogP contribution in [0.1, 0.15) is 93.4 Å². The van der Waals surface area contributed by atoms with Crippen LogP contribution in [0.5, 0.6) is 23.0 Å². The van der Waals surface area contributed by atoms with Crippen molar-refractivity contribution < 1.29 is 19.8 Å². The van der Waals surface area contributed by atoms with Gasteiger partial charge in [0.15, 0.2) is 0 Å². The third-order valence-electron chi connectivity index (χ3n) is 10.2. The Labute approximate surface area is 293 Å². The number of hydrogen-bond donors (Lipinski definition) is 3. The molecule has 0 saturated heterocycles. The first kappa shape index (κ1) is 36.0. The molecular formula is C44H53O4P. The molecule has 0 aliphatic carbocycles. The van der Waals surface area contributed by atoms with Gasteiger partial charge >= 0.3 is 294 Å². The molecule has 4 nitrogen and oxygen atoms in total. The second kappa shape index (κ2) is 16.4. The molecule has 0 amide bonds. The molecule has 258 valence electrons. The Kier molecular flexibility index (Phi) is 12.1. The zero-order valence-electron chi connectivity index (χ0n) is 29.3. The first-order chi connectivity index (χ1) is 23.8. The molecule has 0 fully saturated rings.